The third kappa shape index (κ3) is 8.88. The summed E-state index contributed by atoms with van der Waals surface area (Å²) < 4.78 is 12.0. The fourth-order valence-corrected chi connectivity index (χ4v) is 9.41. The van der Waals surface area contributed by atoms with Crippen molar-refractivity contribution in [3.63, 3.8) is 0 Å². The minimum atomic E-state index is -0.905. The molecular formula is C45H60N6O6. The number of carbonyl (C=O) groups is 3. The van der Waals surface area contributed by atoms with E-state index in [0.29, 0.717) is 47.4 Å². The fourth-order valence-electron chi connectivity index (χ4n) is 9.41. The number of nitrogens with two attached hydrogens (primary N) is 1. The van der Waals surface area contributed by atoms with E-state index in [1.807, 2.05) is 91.9 Å². The molecule has 3 aromatic carbocycles. The van der Waals surface area contributed by atoms with Crippen LogP contribution in [0.25, 0.3) is 11.1 Å². The Morgan fingerprint density at radius 3 is 2.49 bits per heavy atom. The van der Waals surface area contributed by atoms with Crippen molar-refractivity contribution < 1.29 is 28.7 Å². The molecule has 12 heteroatoms. The van der Waals surface area contributed by atoms with E-state index < -0.39 is 30.3 Å². The molecule has 0 radical (unpaired) electrons. The molecule has 3 aliphatic carbocycles. The van der Waals surface area contributed by atoms with Crippen LogP contribution >= 0.6 is 0 Å². The van der Waals surface area contributed by atoms with Crippen molar-refractivity contribution in [2.45, 2.75) is 71.8 Å². The van der Waals surface area contributed by atoms with E-state index in [-0.39, 0.29) is 30.8 Å². The highest BCUT2D eigenvalue weighted by atomic mass is 16.7. The van der Waals surface area contributed by atoms with E-state index in [1.165, 1.54) is 6.42 Å². The quantitative estimate of drug-likeness (QED) is 0.165. The summed E-state index contributed by atoms with van der Waals surface area (Å²) in [7, 11) is 7.05. The highest BCUT2D eigenvalue weighted by molar-refractivity contribution is 5.97. The van der Waals surface area contributed by atoms with Gasteiger partial charge in [0.15, 0.2) is 0 Å². The van der Waals surface area contributed by atoms with E-state index in [2.05, 4.69) is 36.4 Å². The topological polar surface area (TPSA) is 148 Å². The number of nitrogens with zero attached hydrogens (tertiary/aromatic N) is 3. The highest BCUT2D eigenvalue weighted by Crippen LogP contribution is 2.62. The summed E-state index contributed by atoms with van der Waals surface area (Å²) in [6.07, 6.45) is 2.79. The van der Waals surface area contributed by atoms with Gasteiger partial charge in [-0.05, 0) is 84.6 Å². The molecule has 3 amide bonds. The number of hydroxylamine groups is 2. The zero-order chi connectivity index (χ0) is 41.0. The van der Waals surface area contributed by atoms with Gasteiger partial charge >= 0.3 is 6.09 Å². The van der Waals surface area contributed by atoms with E-state index in [0.717, 1.165) is 34.4 Å². The molecule has 3 aromatic rings. The number of methoxy groups -OCH3 is 1. The summed E-state index contributed by atoms with van der Waals surface area (Å²) in [6, 6.07) is 20.5. The molecule has 3 unspecified atom stereocenters. The maximum absolute atomic E-state index is 14.5. The summed E-state index contributed by atoms with van der Waals surface area (Å²) >= 11 is 0. The number of hydrogen-bond donors (Lipinski definition) is 3. The van der Waals surface area contributed by atoms with E-state index >= 15 is 0 Å². The first-order valence-corrected chi connectivity index (χ1v) is 20.2. The molecule has 2 bridgehead atoms. The first-order chi connectivity index (χ1) is 27.3. The minimum absolute atomic E-state index is 0.0901. The first kappa shape index (κ1) is 41.8. The van der Waals surface area contributed by atoms with Crippen molar-refractivity contribution in [3.8, 4) is 16.9 Å². The molecule has 4 aliphatic rings. The Morgan fingerprint density at radius 1 is 1.09 bits per heavy atom. The lowest BCUT2D eigenvalue weighted by Crippen LogP contribution is -2.55. The van der Waals surface area contributed by atoms with Crippen LogP contribution in [0.2, 0.25) is 0 Å². The summed E-state index contributed by atoms with van der Waals surface area (Å²) in [5.74, 6) is 1.21. The molecule has 1 heterocycles. The van der Waals surface area contributed by atoms with E-state index in [9.17, 15) is 14.4 Å². The predicted molar refractivity (Wildman–Crippen MR) is 223 cm³/mol. The number of para-hydroxylation sites is 1. The van der Waals surface area contributed by atoms with Crippen LogP contribution in [0.3, 0.4) is 0 Å². The van der Waals surface area contributed by atoms with Crippen LogP contribution in [0, 0.1) is 35.0 Å². The second-order valence-corrected chi connectivity index (χ2v) is 16.7. The second kappa shape index (κ2) is 17.8. The molecule has 57 heavy (non-hydrogen) atoms. The van der Waals surface area contributed by atoms with Crippen LogP contribution < -0.4 is 26.0 Å². The summed E-state index contributed by atoms with van der Waals surface area (Å²) in [5.41, 5.74) is 11.4. The molecule has 1 aliphatic heterocycles. The minimum Gasteiger partial charge on any atom is -0.496 e. The van der Waals surface area contributed by atoms with Gasteiger partial charge in [0.1, 0.15) is 17.9 Å². The molecule has 8 atom stereocenters. The van der Waals surface area contributed by atoms with Gasteiger partial charge < -0.3 is 30.7 Å². The van der Waals surface area contributed by atoms with Crippen molar-refractivity contribution in [3.05, 3.63) is 83.4 Å². The fraction of sp³-hybridized carbons (Fsp3) is 0.511. The maximum Gasteiger partial charge on any atom is 0.407 e. The zero-order valence-corrected chi connectivity index (χ0v) is 34.7. The number of ether oxygens (including phenoxy) is 2. The number of carbonyl (C=O) groups excluding carboxylic acids is 3. The van der Waals surface area contributed by atoms with Crippen molar-refractivity contribution >= 4 is 29.8 Å². The molecule has 0 spiro atoms. The SMILES string of the molecule is CNC(=O)c1cc(-c2cccc(CN3O[C@@H](CN)C([C@H](C)OC(=O)NCCc4ccccc4)[C@H]3C(=O)N=CC3C[C@H]4CC([C@@H]3C)C4(C)C)c2OC)cc(N(C)C)c1. The Labute approximate surface area is 337 Å². The summed E-state index contributed by atoms with van der Waals surface area (Å²) in [6.45, 7) is 9.41. The van der Waals surface area contributed by atoms with Crippen molar-refractivity contribution in [1.29, 1.82) is 0 Å². The Balaban J connectivity index is 1.29. The number of benzene rings is 3. The smallest absolute Gasteiger partial charge is 0.407 e. The largest absolute Gasteiger partial charge is 0.496 e. The molecule has 306 valence electrons. The monoisotopic (exact) mass is 780 g/mol. The number of fused-ring (bicyclic) bond motifs is 2. The molecule has 0 aromatic heterocycles. The average Bonchev–Trinajstić information content (AvgIpc) is 3.58. The second-order valence-electron chi connectivity index (χ2n) is 16.7. The average molecular weight is 781 g/mol. The molecular weight excluding hydrogens is 721 g/mol. The first-order valence-electron chi connectivity index (χ1n) is 20.2. The van der Waals surface area contributed by atoms with Crippen LogP contribution in [-0.2, 0) is 27.3 Å². The van der Waals surface area contributed by atoms with Crippen LogP contribution in [0.4, 0.5) is 10.5 Å². The number of aliphatic imine (C=N–C) groups is 1. The third-order valence-electron chi connectivity index (χ3n) is 12.9. The number of rotatable bonds is 14. The lowest BCUT2D eigenvalue weighted by Gasteiger charge is -2.61. The van der Waals surface area contributed by atoms with Gasteiger partial charge in [-0.1, -0.05) is 69.3 Å². The number of hydrogen-bond acceptors (Lipinski definition) is 9. The molecule has 4 N–H and O–H groups in total. The lowest BCUT2D eigenvalue weighted by molar-refractivity contribution is -0.172. The Kier molecular flexibility index (Phi) is 13.1. The van der Waals surface area contributed by atoms with Gasteiger partial charge in [-0.25, -0.2) is 9.79 Å². The number of amides is 3. The molecule has 4 fully saturated rings. The van der Waals surface area contributed by atoms with Gasteiger partial charge in [-0.2, -0.15) is 5.06 Å². The van der Waals surface area contributed by atoms with E-state index in [4.69, 9.17) is 20.0 Å². The molecule has 12 nitrogen and oxygen atoms in total. The number of alkyl carbamates (subject to hydrolysis) is 1. The van der Waals surface area contributed by atoms with Gasteiger partial charge in [-0.3, -0.25) is 14.4 Å². The van der Waals surface area contributed by atoms with Gasteiger partial charge in [0.05, 0.1) is 25.7 Å². The zero-order valence-electron chi connectivity index (χ0n) is 34.7. The summed E-state index contributed by atoms with van der Waals surface area (Å²) in [4.78, 5) is 53.5. The Hall–Kier alpha value is -4.78. The van der Waals surface area contributed by atoms with Crippen LogP contribution in [0.5, 0.6) is 5.75 Å². The predicted octanol–water partition coefficient (Wildman–Crippen LogP) is 6.12. The molecule has 7 rings (SSSR count). The van der Waals surface area contributed by atoms with Gasteiger partial charge in [0.25, 0.3) is 11.8 Å². The lowest BCUT2D eigenvalue weighted by atomic mass is 9.43. The Bertz CT molecular complexity index is 1930. The maximum atomic E-state index is 14.5. The highest BCUT2D eigenvalue weighted by Gasteiger charge is 2.56. The van der Waals surface area contributed by atoms with Crippen molar-refractivity contribution in [2.24, 2.45) is 45.7 Å². The summed E-state index contributed by atoms with van der Waals surface area (Å²) in [5, 5.41) is 7.21. The normalized spacial score (nSPS) is 25.7. The Morgan fingerprint density at radius 2 is 1.84 bits per heavy atom. The third-order valence-corrected chi connectivity index (χ3v) is 12.9. The van der Waals surface area contributed by atoms with Crippen molar-refractivity contribution in [2.75, 3.05) is 46.2 Å². The van der Waals surface area contributed by atoms with Crippen LogP contribution in [-0.4, -0.2) is 88.8 Å². The molecule has 1 saturated heterocycles. The van der Waals surface area contributed by atoms with E-state index in [1.54, 1.807) is 26.1 Å². The van der Waals surface area contributed by atoms with Crippen LogP contribution in [0.15, 0.2) is 71.7 Å². The van der Waals surface area contributed by atoms with Crippen LogP contribution in [0.1, 0.15) is 62.0 Å². The van der Waals surface area contributed by atoms with Gasteiger partial charge in [0, 0.05) is 62.8 Å². The van der Waals surface area contributed by atoms with Gasteiger partial charge in [-0.15, -0.1) is 0 Å². The number of anilines is 1. The molecule has 3 saturated carbocycles. The van der Waals surface area contributed by atoms with Crippen molar-refractivity contribution in [1.82, 2.24) is 15.7 Å². The van der Waals surface area contributed by atoms with Gasteiger partial charge in [0.2, 0.25) is 0 Å². The standard InChI is InChI=1S/C45H60N6O6/c1-27-33(20-34-23-37(27)45(34,3)4)25-49-43(53)40-39(28(2)56-44(54)48-18-17-29-13-10-9-11-14-29)38(24-46)57-51(40)26-30-15-12-16-36(41(30)55-8)31-19-32(42(52)47-5)22-35(21-31)50(6)7/h9-16,19,21-22,25,27-28,33-34,37-40H,17-18,20,23-24,26,46H2,1-8H3,(H,47,52)(H,48,54)/t27-,28+,33?,34+,37?,38+,39?,40+/m1/s1. The number of nitrogens with one attached hydrogen (secondary N) is 2.